The third-order valence-corrected chi connectivity index (χ3v) is 3.78. The number of nitrogens with zero attached hydrogens (tertiary/aromatic N) is 3. The van der Waals surface area contributed by atoms with Gasteiger partial charge in [-0.1, -0.05) is 12.1 Å². The Hall–Kier alpha value is -3.14. The van der Waals surface area contributed by atoms with E-state index in [1.807, 2.05) is 6.07 Å². The molecule has 7 heteroatoms. The Kier molecular flexibility index (Phi) is 4.52. The van der Waals surface area contributed by atoms with Gasteiger partial charge in [0.2, 0.25) is 0 Å². The molecule has 0 aliphatic heterocycles. The molecule has 0 aliphatic rings. The van der Waals surface area contributed by atoms with Crippen molar-refractivity contribution in [2.24, 2.45) is 0 Å². The van der Waals surface area contributed by atoms with Gasteiger partial charge in [-0.15, -0.1) is 0 Å². The zero-order valence-corrected chi connectivity index (χ0v) is 13.6. The van der Waals surface area contributed by atoms with Crippen LogP contribution < -0.4 is 9.47 Å². The molecule has 128 valence electrons. The molecule has 0 saturated carbocycles. The standard InChI is InChI=1S/C18H15F2N3O2/c1-11(25-15-8-7-12(10-21)9-16(15)24-2)17-22-13-5-3-4-6-14(13)23(17)18(19)20/h3-9,11,18H,1-2H3/t11-/m0/s1. The second-order valence-corrected chi connectivity index (χ2v) is 5.34. The van der Waals surface area contributed by atoms with Gasteiger partial charge in [-0.05, 0) is 31.2 Å². The highest BCUT2D eigenvalue weighted by Crippen LogP contribution is 2.34. The predicted octanol–water partition coefficient (Wildman–Crippen LogP) is 4.45. The SMILES string of the molecule is COc1cc(C#N)ccc1O[C@@H](C)c1nc2ccccc2n1C(F)F. The summed E-state index contributed by atoms with van der Waals surface area (Å²) in [5.74, 6) is 0.815. The van der Waals surface area contributed by atoms with Crippen molar-refractivity contribution in [2.45, 2.75) is 19.6 Å². The van der Waals surface area contributed by atoms with E-state index in [-0.39, 0.29) is 5.82 Å². The molecule has 1 heterocycles. The van der Waals surface area contributed by atoms with Gasteiger partial charge in [0.05, 0.1) is 29.8 Å². The number of hydrogen-bond donors (Lipinski definition) is 0. The van der Waals surface area contributed by atoms with Gasteiger partial charge in [-0.25, -0.2) is 4.98 Å². The lowest BCUT2D eigenvalue weighted by molar-refractivity contribution is 0.0629. The van der Waals surface area contributed by atoms with Crippen molar-refractivity contribution < 1.29 is 18.3 Å². The number of halogens is 2. The number of rotatable bonds is 5. The van der Waals surface area contributed by atoms with Crippen LogP contribution >= 0.6 is 0 Å². The molecular formula is C18H15F2N3O2. The number of ether oxygens (including phenoxy) is 2. The molecule has 0 fully saturated rings. The van der Waals surface area contributed by atoms with Crippen LogP contribution in [0.1, 0.15) is 31.0 Å². The summed E-state index contributed by atoms with van der Waals surface area (Å²) < 4.78 is 38.9. The summed E-state index contributed by atoms with van der Waals surface area (Å²) in [5, 5.41) is 8.94. The number of benzene rings is 2. The van der Waals surface area contributed by atoms with Crippen LogP contribution in [-0.4, -0.2) is 16.7 Å². The maximum atomic E-state index is 13.5. The molecule has 0 spiro atoms. The van der Waals surface area contributed by atoms with Crippen LogP contribution in [0.2, 0.25) is 0 Å². The van der Waals surface area contributed by atoms with E-state index in [0.717, 1.165) is 4.57 Å². The summed E-state index contributed by atoms with van der Waals surface area (Å²) in [6.07, 6.45) is -0.747. The average Bonchev–Trinajstić information content (AvgIpc) is 3.02. The topological polar surface area (TPSA) is 60.1 Å². The van der Waals surface area contributed by atoms with E-state index in [4.69, 9.17) is 14.7 Å². The number of para-hydroxylation sites is 2. The number of fused-ring (bicyclic) bond motifs is 1. The second kappa shape index (κ2) is 6.77. The third kappa shape index (κ3) is 3.11. The summed E-state index contributed by atoms with van der Waals surface area (Å²) in [4.78, 5) is 4.28. The molecule has 1 aromatic heterocycles. The smallest absolute Gasteiger partial charge is 0.320 e. The molecule has 0 unspecified atom stereocenters. The molecule has 3 rings (SSSR count). The normalized spacial score (nSPS) is 12.2. The third-order valence-electron chi connectivity index (χ3n) is 3.78. The fourth-order valence-electron chi connectivity index (χ4n) is 2.63. The Balaban J connectivity index is 1.99. The summed E-state index contributed by atoms with van der Waals surface area (Å²) in [6, 6.07) is 13.4. The molecule has 0 amide bonds. The van der Waals surface area contributed by atoms with Gasteiger partial charge in [-0.3, -0.25) is 4.57 Å². The molecule has 1 atom stereocenters. The number of imidazole rings is 1. The van der Waals surface area contributed by atoms with Crippen molar-refractivity contribution in [2.75, 3.05) is 7.11 Å². The lowest BCUT2D eigenvalue weighted by Crippen LogP contribution is -2.13. The predicted molar refractivity (Wildman–Crippen MR) is 87.7 cm³/mol. The summed E-state index contributed by atoms with van der Waals surface area (Å²) >= 11 is 0. The van der Waals surface area contributed by atoms with Crippen molar-refractivity contribution in [3.05, 3.63) is 53.9 Å². The second-order valence-electron chi connectivity index (χ2n) is 5.34. The highest BCUT2D eigenvalue weighted by atomic mass is 19.3. The van der Waals surface area contributed by atoms with Gasteiger partial charge >= 0.3 is 6.55 Å². The first-order chi connectivity index (χ1) is 12.0. The molecule has 2 aromatic carbocycles. The first-order valence-corrected chi connectivity index (χ1v) is 7.55. The van der Waals surface area contributed by atoms with Crippen molar-refractivity contribution in [3.8, 4) is 17.6 Å². The quantitative estimate of drug-likeness (QED) is 0.687. The molecule has 25 heavy (non-hydrogen) atoms. The van der Waals surface area contributed by atoms with Crippen molar-refractivity contribution in [1.29, 1.82) is 5.26 Å². The molecule has 0 saturated heterocycles. The van der Waals surface area contributed by atoms with Crippen LogP contribution in [0.5, 0.6) is 11.5 Å². The minimum atomic E-state index is -2.74. The monoisotopic (exact) mass is 343 g/mol. The van der Waals surface area contributed by atoms with Crippen molar-refractivity contribution in [3.63, 3.8) is 0 Å². The van der Waals surface area contributed by atoms with E-state index in [1.165, 1.54) is 13.2 Å². The van der Waals surface area contributed by atoms with Gasteiger partial charge in [0.25, 0.3) is 0 Å². The van der Waals surface area contributed by atoms with Crippen LogP contribution in [0, 0.1) is 11.3 Å². The van der Waals surface area contributed by atoms with Gasteiger partial charge in [-0.2, -0.15) is 14.0 Å². The van der Waals surface area contributed by atoms with Gasteiger partial charge < -0.3 is 9.47 Å². The minimum Gasteiger partial charge on any atom is -0.493 e. The van der Waals surface area contributed by atoms with Gasteiger partial charge in [0.1, 0.15) is 0 Å². The van der Waals surface area contributed by atoms with E-state index in [2.05, 4.69) is 4.98 Å². The maximum Gasteiger partial charge on any atom is 0.320 e. The van der Waals surface area contributed by atoms with E-state index < -0.39 is 12.7 Å². The number of methoxy groups -OCH3 is 1. The molecule has 3 aromatic rings. The molecule has 0 bridgehead atoms. The zero-order valence-electron chi connectivity index (χ0n) is 13.6. The Morgan fingerprint density at radius 2 is 1.92 bits per heavy atom. The van der Waals surface area contributed by atoms with Crippen molar-refractivity contribution in [1.82, 2.24) is 9.55 Å². The fraction of sp³-hybridized carbons (Fsp3) is 0.222. The minimum absolute atomic E-state index is 0.114. The average molecular weight is 343 g/mol. The van der Waals surface area contributed by atoms with Crippen LogP contribution in [0.15, 0.2) is 42.5 Å². The Labute approximate surface area is 143 Å². The first kappa shape index (κ1) is 16.7. The Morgan fingerprint density at radius 3 is 2.60 bits per heavy atom. The lowest BCUT2D eigenvalue weighted by Gasteiger charge is -2.18. The van der Waals surface area contributed by atoms with Crippen LogP contribution in [-0.2, 0) is 0 Å². The lowest BCUT2D eigenvalue weighted by atomic mass is 10.2. The van der Waals surface area contributed by atoms with Gasteiger partial charge in [0, 0.05) is 6.07 Å². The number of nitriles is 1. The maximum absolute atomic E-state index is 13.5. The first-order valence-electron chi connectivity index (χ1n) is 7.55. The molecular weight excluding hydrogens is 328 g/mol. The van der Waals surface area contributed by atoms with E-state index in [1.54, 1.807) is 43.3 Å². The summed E-state index contributed by atoms with van der Waals surface area (Å²) in [5.41, 5.74) is 1.23. The zero-order chi connectivity index (χ0) is 18.0. The number of alkyl halides is 2. The van der Waals surface area contributed by atoms with Crippen molar-refractivity contribution >= 4 is 11.0 Å². The summed E-state index contributed by atoms with van der Waals surface area (Å²) in [6.45, 7) is -1.10. The largest absolute Gasteiger partial charge is 0.493 e. The highest BCUT2D eigenvalue weighted by Gasteiger charge is 2.23. The van der Waals surface area contributed by atoms with Crippen LogP contribution in [0.25, 0.3) is 11.0 Å². The van der Waals surface area contributed by atoms with Gasteiger partial charge in [0.15, 0.2) is 23.4 Å². The number of hydrogen-bond acceptors (Lipinski definition) is 4. The van der Waals surface area contributed by atoms with Crippen LogP contribution in [0.3, 0.4) is 0 Å². The van der Waals surface area contributed by atoms with E-state index in [0.29, 0.717) is 28.1 Å². The molecule has 0 radical (unpaired) electrons. The Bertz CT molecular complexity index is 947. The van der Waals surface area contributed by atoms with E-state index >= 15 is 0 Å². The highest BCUT2D eigenvalue weighted by molar-refractivity contribution is 5.76. The molecule has 0 N–H and O–H groups in total. The Morgan fingerprint density at radius 1 is 1.16 bits per heavy atom. The fourth-order valence-corrected chi connectivity index (χ4v) is 2.63. The molecule has 5 nitrogen and oxygen atoms in total. The van der Waals surface area contributed by atoms with Crippen LogP contribution in [0.4, 0.5) is 8.78 Å². The van der Waals surface area contributed by atoms with E-state index in [9.17, 15) is 8.78 Å². The summed E-state index contributed by atoms with van der Waals surface area (Å²) in [7, 11) is 1.45. The molecule has 0 aliphatic carbocycles. The number of aromatic nitrogens is 2.